The van der Waals surface area contributed by atoms with Crippen LogP contribution in [0, 0.1) is 11.8 Å². The van der Waals surface area contributed by atoms with E-state index in [2.05, 4.69) is 5.32 Å². The summed E-state index contributed by atoms with van der Waals surface area (Å²) in [6, 6.07) is 8.98. The second-order valence-electron chi connectivity index (χ2n) is 5.54. The molecule has 0 heterocycles. The third-order valence-electron chi connectivity index (χ3n) is 3.58. The Morgan fingerprint density at radius 1 is 1.14 bits per heavy atom. The van der Waals surface area contributed by atoms with Gasteiger partial charge in [0.25, 0.3) is 0 Å². The number of carbonyl (C=O) groups is 2. The summed E-state index contributed by atoms with van der Waals surface area (Å²) in [5, 5.41) is 2.82. The molecule has 0 saturated carbocycles. The van der Waals surface area contributed by atoms with E-state index < -0.39 is 6.04 Å². The van der Waals surface area contributed by atoms with Gasteiger partial charge in [0, 0.05) is 12.3 Å². The van der Waals surface area contributed by atoms with Crippen LogP contribution in [0.15, 0.2) is 30.3 Å². The monoisotopic (exact) mass is 291 g/mol. The summed E-state index contributed by atoms with van der Waals surface area (Å²) in [5.74, 6) is -0.410. The third kappa shape index (κ3) is 5.58. The Bertz CT molecular complexity index is 456. The summed E-state index contributed by atoms with van der Waals surface area (Å²) in [5.41, 5.74) is 0.994. The number of esters is 1. The molecule has 0 unspecified atom stereocenters. The molecule has 0 spiro atoms. The van der Waals surface area contributed by atoms with Gasteiger partial charge in [0.2, 0.25) is 5.91 Å². The average Bonchev–Trinajstić information content (AvgIpc) is 2.46. The lowest BCUT2D eigenvalue weighted by atomic mass is 9.96. The lowest BCUT2D eigenvalue weighted by molar-refractivity contribution is -0.148. The van der Waals surface area contributed by atoms with Crippen molar-refractivity contribution < 1.29 is 14.3 Å². The highest BCUT2D eigenvalue weighted by Gasteiger charge is 2.25. The first kappa shape index (κ1) is 17.2. The van der Waals surface area contributed by atoms with Crippen molar-refractivity contribution in [3.05, 3.63) is 35.9 Å². The molecule has 116 valence electrons. The molecule has 0 aliphatic rings. The molecule has 0 saturated heterocycles. The highest BCUT2D eigenvalue weighted by molar-refractivity contribution is 5.85. The molecule has 4 heteroatoms. The molecule has 0 aliphatic carbocycles. The Morgan fingerprint density at radius 2 is 1.76 bits per heavy atom. The number of amides is 1. The van der Waals surface area contributed by atoms with E-state index in [-0.39, 0.29) is 23.7 Å². The first-order valence-corrected chi connectivity index (χ1v) is 7.46. The van der Waals surface area contributed by atoms with Crippen molar-refractivity contribution in [3.63, 3.8) is 0 Å². The van der Waals surface area contributed by atoms with E-state index >= 15 is 0 Å². The Balaban J connectivity index is 2.78. The quantitative estimate of drug-likeness (QED) is 0.786. The highest BCUT2D eigenvalue weighted by Crippen LogP contribution is 2.11. The number of benzene rings is 1. The van der Waals surface area contributed by atoms with Crippen molar-refractivity contribution >= 4 is 11.9 Å². The van der Waals surface area contributed by atoms with Gasteiger partial charge in [-0.05, 0) is 18.4 Å². The number of hydrogen-bond donors (Lipinski definition) is 1. The fraction of sp³-hybridized carbons (Fsp3) is 0.529. The maximum Gasteiger partial charge on any atom is 0.328 e. The van der Waals surface area contributed by atoms with Crippen molar-refractivity contribution in [3.8, 4) is 0 Å². The fourth-order valence-corrected chi connectivity index (χ4v) is 1.89. The van der Waals surface area contributed by atoms with Gasteiger partial charge in [-0.3, -0.25) is 4.79 Å². The lowest BCUT2D eigenvalue weighted by Crippen LogP contribution is -2.46. The van der Waals surface area contributed by atoms with Crippen LogP contribution in [0.3, 0.4) is 0 Å². The minimum Gasteiger partial charge on any atom is -0.464 e. The SMILES string of the molecule is CCOC(=O)[C@H](Cc1ccccc1)NC(=O)[C@@H](C)C(C)C. The summed E-state index contributed by atoms with van der Waals surface area (Å²) >= 11 is 0. The molecule has 4 nitrogen and oxygen atoms in total. The van der Waals surface area contributed by atoms with Gasteiger partial charge < -0.3 is 10.1 Å². The molecule has 1 aromatic carbocycles. The minimum absolute atomic E-state index is 0.112. The largest absolute Gasteiger partial charge is 0.464 e. The maximum absolute atomic E-state index is 12.2. The maximum atomic E-state index is 12.2. The van der Waals surface area contributed by atoms with Gasteiger partial charge in [-0.15, -0.1) is 0 Å². The van der Waals surface area contributed by atoms with Crippen LogP contribution in [0.4, 0.5) is 0 Å². The molecule has 0 aromatic heterocycles. The first-order chi connectivity index (χ1) is 9.95. The van der Waals surface area contributed by atoms with E-state index in [1.165, 1.54) is 0 Å². The molecule has 21 heavy (non-hydrogen) atoms. The van der Waals surface area contributed by atoms with Crippen LogP contribution in [0.2, 0.25) is 0 Å². The number of rotatable bonds is 7. The van der Waals surface area contributed by atoms with E-state index in [0.717, 1.165) is 5.56 Å². The van der Waals surface area contributed by atoms with Crippen LogP contribution in [0.5, 0.6) is 0 Å². The third-order valence-corrected chi connectivity index (χ3v) is 3.58. The van der Waals surface area contributed by atoms with Gasteiger partial charge in [-0.25, -0.2) is 4.79 Å². The number of ether oxygens (including phenoxy) is 1. The highest BCUT2D eigenvalue weighted by atomic mass is 16.5. The first-order valence-electron chi connectivity index (χ1n) is 7.46. The van der Waals surface area contributed by atoms with Gasteiger partial charge in [0.05, 0.1) is 6.61 Å². The van der Waals surface area contributed by atoms with Crippen molar-refractivity contribution in [2.24, 2.45) is 11.8 Å². The Labute approximate surface area is 126 Å². The number of carbonyl (C=O) groups excluding carboxylic acids is 2. The fourth-order valence-electron chi connectivity index (χ4n) is 1.89. The van der Waals surface area contributed by atoms with Crippen LogP contribution in [0.1, 0.15) is 33.3 Å². The molecule has 1 rings (SSSR count). The van der Waals surface area contributed by atoms with Gasteiger partial charge in [0.15, 0.2) is 0 Å². The Morgan fingerprint density at radius 3 is 2.29 bits per heavy atom. The number of nitrogens with one attached hydrogen (secondary N) is 1. The second-order valence-corrected chi connectivity index (χ2v) is 5.54. The average molecular weight is 291 g/mol. The molecule has 0 radical (unpaired) electrons. The molecule has 2 atom stereocenters. The summed E-state index contributed by atoms with van der Waals surface area (Å²) in [6.07, 6.45) is 0.441. The van der Waals surface area contributed by atoms with E-state index in [4.69, 9.17) is 4.74 Å². The van der Waals surface area contributed by atoms with Crippen LogP contribution in [0.25, 0.3) is 0 Å². The summed E-state index contributed by atoms with van der Waals surface area (Å²) in [4.78, 5) is 24.2. The van der Waals surface area contributed by atoms with Gasteiger partial charge in [-0.2, -0.15) is 0 Å². The zero-order valence-electron chi connectivity index (χ0n) is 13.3. The summed E-state index contributed by atoms with van der Waals surface area (Å²) in [6.45, 7) is 7.90. The molecule has 0 bridgehead atoms. The van der Waals surface area contributed by atoms with Gasteiger partial charge in [0.1, 0.15) is 6.04 Å². The van der Waals surface area contributed by atoms with Crippen LogP contribution in [-0.2, 0) is 20.7 Å². The van der Waals surface area contributed by atoms with Gasteiger partial charge >= 0.3 is 5.97 Å². The van der Waals surface area contributed by atoms with E-state index in [1.807, 2.05) is 51.1 Å². The van der Waals surface area contributed by atoms with Crippen molar-refractivity contribution in [2.45, 2.75) is 40.2 Å². The second kappa shape index (κ2) is 8.45. The Kier molecular flexibility index (Phi) is 6.92. The van der Waals surface area contributed by atoms with Crippen LogP contribution >= 0.6 is 0 Å². The topological polar surface area (TPSA) is 55.4 Å². The predicted octanol–water partition coefficient (Wildman–Crippen LogP) is 2.57. The minimum atomic E-state index is -0.638. The zero-order chi connectivity index (χ0) is 15.8. The molecule has 1 N–H and O–H groups in total. The normalized spacial score (nSPS) is 13.6. The van der Waals surface area contributed by atoms with Crippen LogP contribution < -0.4 is 5.32 Å². The molecular formula is C17H25NO3. The molecular weight excluding hydrogens is 266 g/mol. The molecule has 1 amide bonds. The van der Waals surface area contributed by atoms with Crippen molar-refractivity contribution in [1.29, 1.82) is 0 Å². The zero-order valence-corrected chi connectivity index (χ0v) is 13.3. The summed E-state index contributed by atoms with van der Waals surface area (Å²) < 4.78 is 5.06. The van der Waals surface area contributed by atoms with E-state index in [1.54, 1.807) is 6.92 Å². The van der Waals surface area contributed by atoms with E-state index in [0.29, 0.717) is 13.0 Å². The van der Waals surface area contributed by atoms with Crippen LogP contribution in [-0.4, -0.2) is 24.5 Å². The molecule has 0 aliphatic heterocycles. The van der Waals surface area contributed by atoms with Crippen molar-refractivity contribution in [2.75, 3.05) is 6.61 Å². The lowest BCUT2D eigenvalue weighted by Gasteiger charge is -2.21. The molecule has 0 fully saturated rings. The Hall–Kier alpha value is -1.84. The number of hydrogen-bond acceptors (Lipinski definition) is 3. The predicted molar refractivity (Wildman–Crippen MR) is 82.7 cm³/mol. The van der Waals surface area contributed by atoms with Gasteiger partial charge in [-0.1, -0.05) is 51.1 Å². The van der Waals surface area contributed by atoms with E-state index in [9.17, 15) is 9.59 Å². The van der Waals surface area contributed by atoms with Crippen molar-refractivity contribution in [1.82, 2.24) is 5.32 Å². The standard InChI is InChI=1S/C17H25NO3/c1-5-21-17(20)15(11-14-9-7-6-8-10-14)18-16(19)13(4)12(2)3/h6-10,12-13,15H,5,11H2,1-4H3,(H,18,19)/t13-,15-/m0/s1. The summed E-state index contributed by atoms with van der Waals surface area (Å²) in [7, 11) is 0. The molecule has 1 aromatic rings. The smallest absolute Gasteiger partial charge is 0.328 e.